The quantitative estimate of drug-likeness (QED) is 0.599. The minimum absolute atomic E-state index is 0.0115. The monoisotopic (exact) mass is 390 g/mol. The fraction of sp³-hybridized carbons (Fsp3) is 0.870. The van der Waals surface area contributed by atoms with Gasteiger partial charge in [-0.1, -0.05) is 13.8 Å². The summed E-state index contributed by atoms with van der Waals surface area (Å²) < 4.78 is 5.17. The Kier molecular flexibility index (Phi) is 4.12. The molecule has 0 aromatic carbocycles. The van der Waals surface area contributed by atoms with Crippen LogP contribution in [0.1, 0.15) is 65.2 Å². The van der Waals surface area contributed by atoms with Crippen molar-refractivity contribution >= 4 is 5.97 Å². The van der Waals surface area contributed by atoms with Gasteiger partial charge in [0.05, 0.1) is 17.8 Å². The highest BCUT2D eigenvalue weighted by molar-refractivity contribution is 5.85. The zero-order valence-corrected chi connectivity index (χ0v) is 17.1. The van der Waals surface area contributed by atoms with Crippen molar-refractivity contribution in [2.45, 2.75) is 83.0 Å². The lowest BCUT2D eigenvalue weighted by molar-refractivity contribution is -0.242. The summed E-state index contributed by atoms with van der Waals surface area (Å²) in [6.45, 7) is 4.76. The number of hydrogen-bond acceptors (Lipinski definition) is 5. The normalized spacial score (nSPS) is 55.8. The van der Waals surface area contributed by atoms with E-state index in [0.717, 1.165) is 50.5 Å². The van der Waals surface area contributed by atoms with Crippen LogP contribution in [0, 0.1) is 34.5 Å². The second kappa shape index (κ2) is 6.05. The Balaban J connectivity index is 1.51. The molecule has 5 aliphatic rings. The van der Waals surface area contributed by atoms with Gasteiger partial charge >= 0.3 is 5.97 Å². The Bertz CT molecular complexity index is 718. The lowest BCUT2D eigenvalue weighted by Gasteiger charge is -2.65. The van der Waals surface area contributed by atoms with Gasteiger partial charge < -0.3 is 20.1 Å². The molecule has 5 rings (SSSR count). The standard InChI is InChI=1S/C23H34O5/c1-21-7-5-15(24)10-14(21)3-4-17-20(21)18(25)11-22(2)16(6-8-23(17,22)27)13-9-19(26)28-12-13/h9,14-18,20,24-25,27H,3-8,10-12H2,1-2H3/t14?,15-,16?,17?,18+,20+,21-,22+,23-/m0/s1. The third-order valence-electron chi connectivity index (χ3n) is 9.89. The Morgan fingerprint density at radius 2 is 1.89 bits per heavy atom. The molecule has 0 spiro atoms. The van der Waals surface area contributed by atoms with E-state index >= 15 is 0 Å². The summed E-state index contributed by atoms with van der Waals surface area (Å²) >= 11 is 0. The summed E-state index contributed by atoms with van der Waals surface area (Å²) in [4.78, 5) is 11.6. The van der Waals surface area contributed by atoms with Crippen LogP contribution in [-0.2, 0) is 9.53 Å². The summed E-state index contributed by atoms with van der Waals surface area (Å²) in [6, 6.07) is 0. The lowest BCUT2D eigenvalue weighted by atomic mass is 9.42. The number of cyclic esters (lactones) is 1. The Morgan fingerprint density at radius 1 is 1.11 bits per heavy atom. The smallest absolute Gasteiger partial charge is 0.331 e. The molecule has 156 valence electrons. The van der Waals surface area contributed by atoms with Crippen LogP contribution < -0.4 is 0 Å². The first-order valence-electron chi connectivity index (χ1n) is 11.1. The van der Waals surface area contributed by atoms with Gasteiger partial charge in [-0.3, -0.25) is 0 Å². The van der Waals surface area contributed by atoms with Crippen LogP contribution >= 0.6 is 0 Å². The molecular weight excluding hydrogens is 356 g/mol. The van der Waals surface area contributed by atoms with Gasteiger partial charge in [-0.05, 0) is 86.0 Å². The molecule has 0 aromatic rings. The highest BCUT2D eigenvalue weighted by Gasteiger charge is 2.69. The van der Waals surface area contributed by atoms with Crippen LogP contribution in [0.3, 0.4) is 0 Å². The molecule has 9 atom stereocenters. The fourth-order valence-electron chi connectivity index (χ4n) is 8.49. The molecule has 0 bridgehead atoms. The fourth-order valence-corrected chi connectivity index (χ4v) is 8.49. The summed E-state index contributed by atoms with van der Waals surface area (Å²) in [6.07, 6.45) is 7.61. The lowest BCUT2D eigenvalue weighted by Crippen LogP contribution is -2.66. The number of esters is 1. The van der Waals surface area contributed by atoms with Gasteiger partial charge in [0.25, 0.3) is 0 Å². The minimum atomic E-state index is -0.807. The Hall–Kier alpha value is -0.910. The van der Waals surface area contributed by atoms with Crippen LogP contribution in [0.4, 0.5) is 0 Å². The molecule has 3 unspecified atom stereocenters. The summed E-state index contributed by atoms with van der Waals surface area (Å²) in [5.41, 5.74) is -0.250. The van der Waals surface area contributed by atoms with Crippen molar-refractivity contribution < 1.29 is 24.9 Å². The van der Waals surface area contributed by atoms with E-state index in [-0.39, 0.29) is 35.2 Å². The summed E-state index contributed by atoms with van der Waals surface area (Å²) in [7, 11) is 0. The zero-order chi connectivity index (χ0) is 19.9. The van der Waals surface area contributed by atoms with E-state index in [1.54, 1.807) is 6.08 Å². The average molecular weight is 391 g/mol. The SMILES string of the molecule is C[C@]12CC[C@H](O)CC1CCC1[C@@H]2[C@H](O)C[C@]2(C)C(C3=CC(=O)OC3)CC[C@]12O. The minimum Gasteiger partial charge on any atom is -0.458 e. The van der Waals surface area contributed by atoms with Crippen molar-refractivity contribution in [1.82, 2.24) is 0 Å². The molecule has 4 fully saturated rings. The van der Waals surface area contributed by atoms with Gasteiger partial charge in [0.15, 0.2) is 0 Å². The first-order chi connectivity index (χ1) is 13.2. The maximum absolute atomic E-state index is 12.1. The Labute approximate surface area is 167 Å². The van der Waals surface area contributed by atoms with Crippen molar-refractivity contribution in [3.63, 3.8) is 0 Å². The molecule has 0 radical (unpaired) electrons. The first-order valence-corrected chi connectivity index (χ1v) is 11.1. The maximum atomic E-state index is 12.1. The van der Waals surface area contributed by atoms with E-state index in [9.17, 15) is 20.1 Å². The average Bonchev–Trinajstić information content (AvgIpc) is 3.16. The molecule has 1 heterocycles. The van der Waals surface area contributed by atoms with Crippen molar-refractivity contribution in [2.24, 2.45) is 34.5 Å². The van der Waals surface area contributed by atoms with Crippen LogP contribution in [0.25, 0.3) is 0 Å². The van der Waals surface area contributed by atoms with Crippen LogP contribution in [-0.4, -0.2) is 45.7 Å². The van der Waals surface area contributed by atoms with Crippen molar-refractivity contribution in [2.75, 3.05) is 6.61 Å². The van der Waals surface area contributed by atoms with Gasteiger partial charge in [-0.15, -0.1) is 0 Å². The number of ether oxygens (including phenoxy) is 1. The third-order valence-corrected chi connectivity index (χ3v) is 9.89. The molecule has 0 amide bonds. The summed E-state index contributed by atoms with van der Waals surface area (Å²) in [5.74, 6) is 0.420. The zero-order valence-electron chi connectivity index (χ0n) is 17.1. The molecule has 0 aromatic heterocycles. The molecule has 4 saturated carbocycles. The molecule has 28 heavy (non-hydrogen) atoms. The third kappa shape index (κ3) is 2.33. The number of hydrogen-bond donors (Lipinski definition) is 3. The van der Waals surface area contributed by atoms with Crippen LogP contribution in [0.2, 0.25) is 0 Å². The highest BCUT2D eigenvalue weighted by atomic mass is 16.5. The van der Waals surface area contributed by atoms with E-state index in [4.69, 9.17) is 4.74 Å². The molecule has 5 nitrogen and oxygen atoms in total. The number of rotatable bonds is 1. The number of carbonyl (C=O) groups excluding carboxylic acids is 1. The highest BCUT2D eigenvalue weighted by Crippen LogP contribution is 2.69. The van der Waals surface area contributed by atoms with Gasteiger partial charge in [0.1, 0.15) is 6.61 Å². The van der Waals surface area contributed by atoms with Crippen LogP contribution in [0.5, 0.6) is 0 Å². The largest absolute Gasteiger partial charge is 0.458 e. The number of aliphatic hydroxyl groups excluding tert-OH is 2. The predicted molar refractivity (Wildman–Crippen MR) is 103 cm³/mol. The van der Waals surface area contributed by atoms with Crippen molar-refractivity contribution in [3.8, 4) is 0 Å². The maximum Gasteiger partial charge on any atom is 0.331 e. The molecule has 1 aliphatic heterocycles. The topological polar surface area (TPSA) is 87.0 Å². The van der Waals surface area contributed by atoms with Crippen molar-refractivity contribution in [3.05, 3.63) is 11.6 Å². The Morgan fingerprint density at radius 3 is 2.61 bits per heavy atom. The van der Waals surface area contributed by atoms with Crippen molar-refractivity contribution in [1.29, 1.82) is 0 Å². The van der Waals surface area contributed by atoms with E-state index in [1.807, 2.05) is 0 Å². The predicted octanol–water partition coefficient (Wildman–Crippen LogP) is 2.58. The van der Waals surface area contributed by atoms with Gasteiger partial charge in [-0.25, -0.2) is 4.79 Å². The van der Waals surface area contributed by atoms with Gasteiger partial charge in [0, 0.05) is 11.5 Å². The number of fused-ring (bicyclic) bond motifs is 5. The van der Waals surface area contributed by atoms with Crippen LogP contribution in [0.15, 0.2) is 11.6 Å². The summed E-state index contributed by atoms with van der Waals surface area (Å²) in [5, 5.41) is 33.7. The van der Waals surface area contributed by atoms with E-state index in [0.29, 0.717) is 18.9 Å². The van der Waals surface area contributed by atoms with E-state index in [2.05, 4.69) is 13.8 Å². The van der Waals surface area contributed by atoms with Gasteiger partial charge in [-0.2, -0.15) is 0 Å². The molecule has 3 N–H and O–H groups in total. The number of carbonyl (C=O) groups is 1. The van der Waals surface area contributed by atoms with E-state index in [1.165, 1.54) is 0 Å². The second-order valence-electron chi connectivity index (χ2n) is 10.9. The van der Waals surface area contributed by atoms with Gasteiger partial charge in [0.2, 0.25) is 0 Å². The number of aliphatic hydroxyl groups is 3. The molecular formula is C23H34O5. The first kappa shape index (κ1) is 19.1. The van der Waals surface area contributed by atoms with E-state index < -0.39 is 17.1 Å². The second-order valence-corrected chi connectivity index (χ2v) is 10.9. The molecule has 5 heteroatoms. The molecule has 0 saturated heterocycles. The molecule has 4 aliphatic carbocycles.